The van der Waals surface area contributed by atoms with Crippen LogP contribution in [0.25, 0.3) is 0 Å². The van der Waals surface area contributed by atoms with E-state index in [0.717, 1.165) is 0 Å². The summed E-state index contributed by atoms with van der Waals surface area (Å²) < 4.78 is 41.1. The standard InChI is InChI=1S/C3H3S2.BF4/c1-2-5-3-4-1;2-1(3,4)5/h1-3H;/q+1;-1. The van der Waals surface area contributed by atoms with Crippen molar-refractivity contribution < 1.29 is 17.3 Å². The lowest BCUT2D eigenvalue weighted by Gasteiger charge is -1.94. The van der Waals surface area contributed by atoms with Gasteiger partial charge in [0.1, 0.15) is 10.8 Å². The third-order valence-corrected chi connectivity index (χ3v) is 1.97. The van der Waals surface area contributed by atoms with Gasteiger partial charge in [0.2, 0.25) is 4.69 Å². The molecule has 10 heavy (non-hydrogen) atoms. The van der Waals surface area contributed by atoms with Crippen molar-refractivity contribution in [1.29, 1.82) is 0 Å². The normalized spacial score (nSPS) is 10.0. The minimum absolute atomic E-state index is 1.73. The molecule has 0 aliphatic rings. The molecule has 7 heteroatoms. The monoisotopic (exact) mass is 190 g/mol. The summed E-state index contributed by atoms with van der Waals surface area (Å²) in [4.78, 5) is 0. The Labute approximate surface area is 63.2 Å². The maximum atomic E-state index is 9.75. The molecule has 0 fully saturated rings. The molecule has 0 aromatic carbocycles. The van der Waals surface area contributed by atoms with Crippen LogP contribution >= 0.6 is 22.7 Å². The quantitative estimate of drug-likeness (QED) is 0.334. The fourth-order valence-corrected chi connectivity index (χ4v) is 1.44. The Hall–Kier alpha value is -0.165. The molecule has 0 nitrogen and oxygen atoms in total. The van der Waals surface area contributed by atoms with Gasteiger partial charge in [-0.05, 0) is 0 Å². The van der Waals surface area contributed by atoms with Crippen LogP contribution in [-0.2, 0) is 0 Å². The van der Waals surface area contributed by atoms with Crippen molar-refractivity contribution in [3.8, 4) is 0 Å². The van der Waals surface area contributed by atoms with Crippen LogP contribution in [0.15, 0.2) is 15.5 Å². The van der Waals surface area contributed by atoms with Gasteiger partial charge in [-0.2, -0.15) is 0 Å². The summed E-state index contributed by atoms with van der Waals surface area (Å²) in [5, 5.41) is 4.12. The molecule has 0 atom stereocenters. The molecular formula is C3H3BF4S2. The molecule has 0 radical (unpaired) electrons. The summed E-state index contributed by atoms with van der Waals surface area (Å²) in [5.74, 6) is 0. The van der Waals surface area contributed by atoms with E-state index in [2.05, 4.69) is 15.5 Å². The number of hydrogen-bond donors (Lipinski definition) is 0. The van der Waals surface area contributed by atoms with E-state index in [9.17, 15) is 17.3 Å². The maximum absolute atomic E-state index is 9.75. The van der Waals surface area contributed by atoms with Gasteiger partial charge in [0.25, 0.3) is 0 Å². The van der Waals surface area contributed by atoms with Gasteiger partial charge < -0.3 is 17.3 Å². The highest BCUT2D eigenvalue weighted by Crippen LogP contribution is 2.06. The van der Waals surface area contributed by atoms with Crippen molar-refractivity contribution in [3.63, 3.8) is 0 Å². The summed E-state index contributed by atoms with van der Waals surface area (Å²) in [6.07, 6.45) is 0. The highest BCUT2D eigenvalue weighted by Gasteiger charge is 2.20. The third-order valence-electron chi connectivity index (χ3n) is 0.324. The first-order valence-corrected chi connectivity index (χ1v) is 4.03. The molecular weight excluding hydrogens is 187 g/mol. The van der Waals surface area contributed by atoms with E-state index in [0.29, 0.717) is 0 Å². The number of halogens is 4. The Bertz CT molecular complexity index is 125. The summed E-state index contributed by atoms with van der Waals surface area (Å²) in [6.45, 7) is 0. The van der Waals surface area contributed by atoms with Gasteiger partial charge in [-0.3, -0.25) is 0 Å². The second-order valence-corrected chi connectivity index (χ2v) is 2.99. The topological polar surface area (TPSA) is 0 Å². The molecule has 0 saturated heterocycles. The fraction of sp³-hybridized carbons (Fsp3) is 0. The second kappa shape index (κ2) is 4.62. The van der Waals surface area contributed by atoms with E-state index in [4.69, 9.17) is 0 Å². The van der Waals surface area contributed by atoms with Crippen LogP contribution in [0.4, 0.5) is 17.3 Å². The predicted octanol–water partition coefficient (Wildman–Crippen LogP) is 3.39. The van der Waals surface area contributed by atoms with Gasteiger partial charge in [-0.25, -0.2) is 0 Å². The van der Waals surface area contributed by atoms with E-state index in [1.54, 1.807) is 22.7 Å². The average molecular weight is 190 g/mol. The molecule has 0 aliphatic heterocycles. The molecule has 1 aromatic heterocycles. The second-order valence-electron chi connectivity index (χ2n) is 1.14. The van der Waals surface area contributed by atoms with Gasteiger partial charge in [0.05, 0.1) is 22.7 Å². The maximum Gasteiger partial charge on any atom is 0.673 e. The lowest BCUT2D eigenvalue weighted by Crippen LogP contribution is -2.02. The van der Waals surface area contributed by atoms with Crippen molar-refractivity contribution in [1.82, 2.24) is 0 Å². The molecule has 0 spiro atoms. The number of hydrogen-bond acceptors (Lipinski definition) is 1. The largest absolute Gasteiger partial charge is 0.673 e. The van der Waals surface area contributed by atoms with Crippen molar-refractivity contribution in [2.45, 2.75) is 0 Å². The van der Waals surface area contributed by atoms with E-state index in [1.165, 1.54) is 0 Å². The lowest BCUT2D eigenvalue weighted by atomic mass is 10.3. The third kappa shape index (κ3) is 15.7. The van der Waals surface area contributed by atoms with Gasteiger partial charge >= 0.3 is 7.25 Å². The van der Waals surface area contributed by atoms with Crippen molar-refractivity contribution in [2.75, 3.05) is 0 Å². The van der Waals surface area contributed by atoms with Gasteiger partial charge in [0, 0.05) is 0 Å². The summed E-state index contributed by atoms with van der Waals surface area (Å²) in [7, 11) is -6.00. The Morgan fingerprint density at radius 1 is 1.20 bits per heavy atom. The van der Waals surface area contributed by atoms with Crippen LogP contribution in [0.1, 0.15) is 0 Å². The minimum atomic E-state index is -6.00. The Morgan fingerprint density at radius 2 is 1.70 bits per heavy atom. The molecule has 1 rings (SSSR count). The van der Waals surface area contributed by atoms with Crippen LogP contribution in [0.5, 0.6) is 0 Å². The molecule has 0 N–H and O–H groups in total. The van der Waals surface area contributed by atoms with E-state index >= 15 is 0 Å². The highest BCUT2D eigenvalue weighted by molar-refractivity contribution is 7.25. The first-order valence-electron chi connectivity index (χ1n) is 2.15. The summed E-state index contributed by atoms with van der Waals surface area (Å²) >= 11 is 3.46. The van der Waals surface area contributed by atoms with Gasteiger partial charge in [0.15, 0.2) is 0 Å². The molecule has 1 heterocycles. The van der Waals surface area contributed by atoms with Crippen LogP contribution in [0, 0.1) is 0 Å². The van der Waals surface area contributed by atoms with Crippen molar-refractivity contribution in [3.05, 3.63) is 15.5 Å². The zero-order chi connectivity index (χ0) is 8.04. The Balaban J connectivity index is 0.000000162. The zero-order valence-corrected chi connectivity index (χ0v) is 6.27. The average Bonchev–Trinajstić information content (AvgIpc) is 2.07. The minimum Gasteiger partial charge on any atom is -0.418 e. The number of rotatable bonds is 0. The first kappa shape index (κ1) is 9.83. The van der Waals surface area contributed by atoms with Crippen LogP contribution in [-0.4, -0.2) is 7.25 Å². The molecule has 0 saturated carbocycles. The molecule has 0 aliphatic carbocycles. The van der Waals surface area contributed by atoms with Crippen molar-refractivity contribution in [2.24, 2.45) is 0 Å². The molecule has 0 bridgehead atoms. The van der Waals surface area contributed by atoms with Crippen molar-refractivity contribution >= 4 is 29.9 Å². The van der Waals surface area contributed by atoms with Gasteiger partial charge in [-0.1, -0.05) is 0 Å². The summed E-state index contributed by atoms with van der Waals surface area (Å²) in [5.41, 5.74) is 0. The Morgan fingerprint density at radius 3 is 1.80 bits per heavy atom. The highest BCUT2D eigenvalue weighted by atomic mass is 32.2. The molecule has 58 valence electrons. The summed E-state index contributed by atoms with van der Waals surface area (Å²) in [6, 6.07) is 0. The molecule has 0 amide bonds. The SMILES string of the molecule is F[B-](F)(F)F.c1c[s+]cs1. The van der Waals surface area contributed by atoms with E-state index in [1.807, 2.05) is 0 Å². The van der Waals surface area contributed by atoms with E-state index < -0.39 is 7.25 Å². The molecule has 0 unspecified atom stereocenters. The van der Waals surface area contributed by atoms with E-state index in [-0.39, 0.29) is 0 Å². The zero-order valence-electron chi connectivity index (χ0n) is 4.64. The van der Waals surface area contributed by atoms with Crippen LogP contribution in [0.3, 0.4) is 0 Å². The first-order chi connectivity index (χ1) is 4.50. The Kier molecular flexibility index (Phi) is 4.54. The predicted molar refractivity (Wildman–Crippen MR) is 36.8 cm³/mol. The lowest BCUT2D eigenvalue weighted by molar-refractivity contribution is 0.368. The van der Waals surface area contributed by atoms with Crippen LogP contribution in [0.2, 0.25) is 0 Å². The van der Waals surface area contributed by atoms with Crippen LogP contribution < -0.4 is 0 Å². The molecule has 1 aromatic rings. The smallest absolute Gasteiger partial charge is 0.418 e. The van der Waals surface area contributed by atoms with Gasteiger partial charge in [-0.15, -0.1) is 0 Å². The fourth-order valence-electron chi connectivity index (χ4n) is 0.160.